The number of hydrogen-bond donors (Lipinski definition) is 2. The van der Waals surface area contributed by atoms with E-state index in [9.17, 15) is 9.59 Å². The molecule has 0 aliphatic heterocycles. The van der Waals surface area contributed by atoms with Crippen LogP contribution in [0.25, 0.3) is 11.1 Å². The lowest BCUT2D eigenvalue weighted by molar-refractivity contribution is -0.154. The number of rotatable bonds is 5. The van der Waals surface area contributed by atoms with Gasteiger partial charge in [-0.25, -0.2) is 0 Å². The molecule has 5 heteroatoms. The molecule has 4 nitrogen and oxygen atoms in total. The van der Waals surface area contributed by atoms with Gasteiger partial charge in [-0.1, -0.05) is 54.1 Å². The third kappa shape index (κ3) is 3.41. The Morgan fingerprint density at radius 1 is 0.952 bits per heavy atom. The fraction of sp³-hybridized carbons (Fsp3) is 0.125. The topological polar surface area (TPSA) is 74.6 Å². The Morgan fingerprint density at radius 2 is 1.57 bits per heavy atom. The molecule has 2 aromatic carbocycles. The summed E-state index contributed by atoms with van der Waals surface area (Å²) < 4.78 is 0. The van der Waals surface area contributed by atoms with Crippen LogP contribution in [0.5, 0.6) is 0 Å². The van der Waals surface area contributed by atoms with Crippen molar-refractivity contribution in [2.75, 3.05) is 0 Å². The summed E-state index contributed by atoms with van der Waals surface area (Å²) in [5.74, 6) is -4.27. The van der Waals surface area contributed by atoms with Crippen LogP contribution in [0.2, 0.25) is 5.02 Å². The van der Waals surface area contributed by atoms with E-state index in [2.05, 4.69) is 0 Å². The van der Waals surface area contributed by atoms with E-state index in [1.165, 1.54) is 0 Å². The molecular formula is C16H13ClO4. The van der Waals surface area contributed by atoms with Gasteiger partial charge in [-0.05, 0) is 29.2 Å². The van der Waals surface area contributed by atoms with E-state index in [1.54, 1.807) is 18.2 Å². The van der Waals surface area contributed by atoms with Gasteiger partial charge in [0.1, 0.15) is 0 Å². The van der Waals surface area contributed by atoms with Gasteiger partial charge in [-0.2, -0.15) is 0 Å². The molecule has 0 atom stereocenters. The van der Waals surface area contributed by atoms with Crippen LogP contribution >= 0.6 is 11.6 Å². The number of carboxylic acid groups (broad SMARTS) is 2. The number of hydrogen-bond acceptors (Lipinski definition) is 2. The maximum Gasteiger partial charge on any atom is 0.318 e. The van der Waals surface area contributed by atoms with Crippen molar-refractivity contribution >= 4 is 23.5 Å². The highest BCUT2D eigenvalue weighted by Crippen LogP contribution is 2.31. The van der Waals surface area contributed by atoms with Gasteiger partial charge < -0.3 is 10.2 Å². The largest absolute Gasteiger partial charge is 0.481 e. The molecular weight excluding hydrogens is 292 g/mol. The predicted molar refractivity (Wildman–Crippen MR) is 79.4 cm³/mol. The summed E-state index contributed by atoms with van der Waals surface area (Å²) in [7, 11) is 0. The summed E-state index contributed by atoms with van der Waals surface area (Å²) in [6.45, 7) is 0. The number of carbonyl (C=O) groups is 2. The van der Waals surface area contributed by atoms with E-state index in [4.69, 9.17) is 21.8 Å². The van der Waals surface area contributed by atoms with Crippen LogP contribution in [0.15, 0.2) is 48.5 Å². The van der Waals surface area contributed by atoms with Crippen molar-refractivity contribution in [1.82, 2.24) is 0 Å². The summed E-state index contributed by atoms with van der Waals surface area (Å²) >= 11 is 6.15. The van der Waals surface area contributed by atoms with Gasteiger partial charge in [-0.3, -0.25) is 9.59 Å². The number of benzene rings is 2. The van der Waals surface area contributed by atoms with Crippen LogP contribution < -0.4 is 0 Å². The third-order valence-corrected chi connectivity index (χ3v) is 3.56. The maximum atomic E-state index is 11.1. The van der Waals surface area contributed by atoms with Crippen molar-refractivity contribution in [1.29, 1.82) is 0 Å². The van der Waals surface area contributed by atoms with Gasteiger partial charge >= 0.3 is 11.9 Å². The molecule has 0 bridgehead atoms. The van der Waals surface area contributed by atoms with Crippen molar-refractivity contribution in [2.24, 2.45) is 5.92 Å². The van der Waals surface area contributed by atoms with Gasteiger partial charge in [0.25, 0.3) is 0 Å². The van der Waals surface area contributed by atoms with Gasteiger partial charge in [0.05, 0.1) is 0 Å². The zero-order valence-corrected chi connectivity index (χ0v) is 11.7. The van der Waals surface area contributed by atoms with Crippen LogP contribution in [0, 0.1) is 5.92 Å². The molecule has 0 radical (unpaired) electrons. The molecule has 0 aromatic heterocycles. The first-order chi connectivity index (χ1) is 10.0. The van der Waals surface area contributed by atoms with Crippen LogP contribution in [0.3, 0.4) is 0 Å². The molecule has 2 rings (SSSR count). The van der Waals surface area contributed by atoms with Crippen molar-refractivity contribution in [3.63, 3.8) is 0 Å². The number of carboxylic acids is 2. The first-order valence-electron chi connectivity index (χ1n) is 6.29. The second-order valence-corrected chi connectivity index (χ2v) is 4.97. The van der Waals surface area contributed by atoms with E-state index in [0.29, 0.717) is 10.6 Å². The lowest BCUT2D eigenvalue weighted by Gasteiger charge is -2.14. The van der Waals surface area contributed by atoms with Crippen molar-refractivity contribution < 1.29 is 19.8 Å². The van der Waals surface area contributed by atoms with E-state index in [1.807, 2.05) is 30.3 Å². The van der Waals surface area contributed by atoms with E-state index in [0.717, 1.165) is 11.1 Å². The van der Waals surface area contributed by atoms with Gasteiger partial charge in [0.2, 0.25) is 0 Å². The average molecular weight is 305 g/mol. The zero-order chi connectivity index (χ0) is 15.4. The molecule has 0 unspecified atom stereocenters. The summed E-state index contributed by atoms with van der Waals surface area (Å²) in [5.41, 5.74) is 2.14. The summed E-state index contributed by atoms with van der Waals surface area (Å²) in [6, 6.07) is 14.5. The third-order valence-electron chi connectivity index (χ3n) is 3.21. The van der Waals surface area contributed by atoms with E-state index < -0.39 is 17.9 Å². The predicted octanol–water partition coefficient (Wildman–Crippen LogP) is 3.33. The van der Waals surface area contributed by atoms with Crippen LogP contribution in [0.1, 0.15) is 5.56 Å². The van der Waals surface area contributed by atoms with Crippen molar-refractivity contribution in [3.05, 3.63) is 59.1 Å². The van der Waals surface area contributed by atoms with Crippen LogP contribution in [-0.4, -0.2) is 22.2 Å². The molecule has 0 aliphatic rings. The summed E-state index contributed by atoms with van der Waals surface area (Å²) in [6.07, 6.45) is -0.158. The lowest BCUT2D eigenvalue weighted by Crippen LogP contribution is -2.25. The second kappa shape index (κ2) is 6.41. The molecule has 0 spiro atoms. The lowest BCUT2D eigenvalue weighted by atomic mass is 9.92. The first-order valence-corrected chi connectivity index (χ1v) is 6.67. The zero-order valence-electron chi connectivity index (χ0n) is 11.0. The number of aliphatic carboxylic acids is 2. The molecule has 0 saturated heterocycles. The SMILES string of the molecule is O=C(O)C(Cc1c(Cl)cccc1-c1ccccc1)C(=O)O. The fourth-order valence-electron chi connectivity index (χ4n) is 2.14. The molecule has 0 heterocycles. The minimum Gasteiger partial charge on any atom is -0.481 e. The Kier molecular flexibility index (Phi) is 4.60. The quantitative estimate of drug-likeness (QED) is 0.831. The highest BCUT2D eigenvalue weighted by atomic mass is 35.5. The second-order valence-electron chi connectivity index (χ2n) is 4.57. The molecule has 108 valence electrons. The Morgan fingerprint density at radius 3 is 2.14 bits per heavy atom. The molecule has 0 amide bonds. The molecule has 21 heavy (non-hydrogen) atoms. The summed E-state index contributed by atoms with van der Waals surface area (Å²) in [4.78, 5) is 22.2. The fourth-order valence-corrected chi connectivity index (χ4v) is 2.39. The first kappa shape index (κ1) is 15.1. The molecule has 2 aromatic rings. The molecule has 0 fully saturated rings. The van der Waals surface area contributed by atoms with Gasteiger partial charge in [0, 0.05) is 5.02 Å². The molecule has 2 N–H and O–H groups in total. The smallest absolute Gasteiger partial charge is 0.318 e. The monoisotopic (exact) mass is 304 g/mol. The summed E-state index contributed by atoms with van der Waals surface area (Å²) in [5, 5.41) is 18.4. The molecule has 0 aliphatic carbocycles. The minimum absolute atomic E-state index is 0.158. The standard InChI is InChI=1S/C16H13ClO4/c17-14-8-4-7-11(10-5-2-1-3-6-10)12(14)9-13(15(18)19)16(20)21/h1-8,13H,9H2,(H,18,19)(H,20,21). The van der Waals surface area contributed by atoms with E-state index in [-0.39, 0.29) is 6.42 Å². The Labute approximate surface area is 126 Å². The average Bonchev–Trinajstić information content (AvgIpc) is 2.46. The van der Waals surface area contributed by atoms with Crippen LogP contribution in [0.4, 0.5) is 0 Å². The van der Waals surface area contributed by atoms with Crippen molar-refractivity contribution in [2.45, 2.75) is 6.42 Å². The van der Waals surface area contributed by atoms with Crippen molar-refractivity contribution in [3.8, 4) is 11.1 Å². The Hall–Kier alpha value is -2.33. The normalized spacial score (nSPS) is 10.6. The van der Waals surface area contributed by atoms with Gasteiger partial charge in [-0.15, -0.1) is 0 Å². The highest BCUT2D eigenvalue weighted by Gasteiger charge is 2.28. The molecule has 0 saturated carbocycles. The highest BCUT2D eigenvalue weighted by molar-refractivity contribution is 6.31. The Bertz CT molecular complexity index is 653. The maximum absolute atomic E-state index is 11.1. The number of halogens is 1. The van der Waals surface area contributed by atoms with Gasteiger partial charge in [0.15, 0.2) is 5.92 Å². The Balaban J connectivity index is 2.48. The minimum atomic E-state index is -1.52. The van der Waals surface area contributed by atoms with Crippen LogP contribution in [-0.2, 0) is 16.0 Å². The van der Waals surface area contributed by atoms with E-state index >= 15 is 0 Å².